The molecule has 2 heterocycles. The Labute approximate surface area is 164 Å². The summed E-state index contributed by atoms with van der Waals surface area (Å²) in [7, 11) is 1.63. The number of aromatic nitrogens is 2. The quantitative estimate of drug-likeness (QED) is 0.690. The Morgan fingerprint density at radius 2 is 1.96 bits per heavy atom. The summed E-state index contributed by atoms with van der Waals surface area (Å²) in [6.07, 6.45) is 0.703. The van der Waals surface area contributed by atoms with Crippen LogP contribution >= 0.6 is 0 Å². The lowest BCUT2D eigenvalue weighted by atomic mass is 10.1. The van der Waals surface area contributed by atoms with Gasteiger partial charge in [-0.15, -0.1) is 0 Å². The molecule has 144 valence electrons. The maximum absolute atomic E-state index is 13.0. The zero-order chi connectivity index (χ0) is 19.5. The maximum Gasteiger partial charge on any atom is 0.257 e. The van der Waals surface area contributed by atoms with Crippen LogP contribution in [0.3, 0.4) is 0 Å². The van der Waals surface area contributed by atoms with Crippen LogP contribution in [0, 0.1) is 0 Å². The molecule has 6 heteroatoms. The SMILES string of the molecule is CCc1nn2c(c1C(=O)NCc1ccccc1OC)N[C@H](c1ccccc1)C2. The number of para-hydroxylation sites is 1. The van der Waals surface area contributed by atoms with Crippen LogP contribution in [0.2, 0.25) is 0 Å². The maximum atomic E-state index is 13.0. The lowest BCUT2D eigenvalue weighted by molar-refractivity contribution is 0.0950. The highest BCUT2D eigenvalue weighted by molar-refractivity contribution is 6.00. The number of methoxy groups -OCH3 is 1. The van der Waals surface area contributed by atoms with Crippen molar-refractivity contribution in [2.75, 3.05) is 12.4 Å². The fourth-order valence-electron chi connectivity index (χ4n) is 3.65. The summed E-state index contributed by atoms with van der Waals surface area (Å²) in [5, 5.41) is 11.2. The van der Waals surface area contributed by atoms with E-state index >= 15 is 0 Å². The van der Waals surface area contributed by atoms with Crippen LogP contribution in [0.4, 0.5) is 5.82 Å². The van der Waals surface area contributed by atoms with Crippen molar-refractivity contribution in [2.24, 2.45) is 0 Å². The average molecular weight is 376 g/mol. The van der Waals surface area contributed by atoms with E-state index in [1.807, 2.05) is 54.1 Å². The molecule has 3 aromatic rings. The van der Waals surface area contributed by atoms with Gasteiger partial charge in [-0.25, -0.2) is 4.68 Å². The number of rotatable bonds is 6. The molecule has 0 saturated heterocycles. The van der Waals surface area contributed by atoms with Gasteiger partial charge in [0, 0.05) is 12.1 Å². The van der Waals surface area contributed by atoms with Gasteiger partial charge in [0.25, 0.3) is 5.91 Å². The number of benzene rings is 2. The number of aryl methyl sites for hydroxylation is 1. The standard InChI is InChI=1S/C22H24N4O2/c1-3-17-20(22(27)23-13-16-11-7-8-12-19(16)28-2)21-24-18(14-26(21)25-17)15-9-5-4-6-10-15/h4-12,18,24H,3,13-14H2,1-2H3,(H,23,27)/t18-/m0/s1. The molecular formula is C22H24N4O2. The third-order valence-corrected chi connectivity index (χ3v) is 5.09. The minimum absolute atomic E-state index is 0.120. The van der Waals surface area contributed by atoms with Crippen molar-refractivity contribution in [3.63, 3.8) is 0 Å². The minimum atomic E-state index is -0.120. The summed E-state index contributed by atoms with van der Waals surface area (Å²) in [5.41, 5.74) is 3.57. The molecular weight excluding hydrogens is 352 g/mol. The molecule has 2 N–H and O–H groups in total. The molecule has 0 unspecified atom stereocenters. The highest BCUT2D eigenvalue weighted by Crippen LogP contribution is 2.33. The summed E-state index contributed by atoms with van der Waals surface area (Å²) in [5.74, 6) is 1.44. The van der Waals surface area contributed by atoms with E-state index in [2.05, 4.69) is 27.9 Å². The highest BCUT2D eigenvalue weighted by Gasteiger charge is 2.31. The monoisotopic (exact) mass is 376 g/mol. The molecule has 4 rings (SSSR count). The van der Waals surface area contributed by atoms with Crippen LogP contribution in [-0.2, 0) is 19.5 Å². The van der Waals surface area contributed by atoms with Crippen molar-refractivity contribution in [2.45, 2.75) is 32.5 Å². The van der Waals surface area contributed by atoms with Gasteiger partial charge >= 0.3 is 0 Å². The molecule has 0 fully saturated rings. The third-order valence-electron chi connectivity index (χ3n) is 5.09. The Morgan fingerprint density at radius 1 is 1.21 bits per heavy atom. The van der Waals surface area contributed by atoms with Gasteiger partial charge in [-0.05, 0) is 18.1 Å². The number of nitrogens with zero attached hydrogens (tertiary/aromatic N) is 2. The van der Waals surface area contributed by atoms with E-state index in [-0.39, 0.29) is 11.9 Å². The average Bonchev–Trinajstić information content (AvgIpc) is 3.30. The number of ether oxygens (including phenoxy) is 1. The van der Waals surface area contributed by atoms with Crippen LogP contribution in [0.5, 0.6) is 5.75 Å². The molecule has 1 aromatic heterocycles. The van der Waals surface area contributed by atoms with Gasteiger partial charge < -0.3 is 15.4 Å². The van der Waals surface area contributed by atoms with Gasteiger partial charge in [0.2, 0.25) is 0 Å². The third kappa shape index (κ3) is 3.33. The molecule has 0 bridgehead atoms. The molecule has 0 saturated carbocycles. The van der Waals surface area contributed by atoms with Crippen LogP contribution in [0.1, 0.15) is 40.1 Å². The van der Waals surface area contributed by atoms with Crippen molar-refractivity contribution in [3.05, 3.63) is 77.0 Å². The van der Waals surface area contributed by atoms with Crippen LogP contribution in [-0.4, -0.2) is 22.8 Å². The molecule has 0 radical (unpaired) electrons. The molecule has 1 amide bonds. The van der Waals surface area contributed by atoms with Crippen molar-refractivity contribution in [1.82, 2.24) is 15.1 Å². The number of fused-ring (bicyclic) bond motifs is 1. The van der Waals surface area contributed by atoms with Gasteiger partial charge in [-0.2, -0.15) is 5.10 Å². The first-order valence-corrected chi connectivity index (χ1v) is 9.52. The van der Waals surface area contributed by atoms with E-state index in [0.29, 0.717) is 25.1 Å². The molecule has 1 aliphatic rings. The summed E-state index contributed by atoms with van der Waals surface area (Å²) in [4.78, 5) is 13.0. The number of amides is 1. The molecule has 1 atom stereocenters. The van der Waals surface area contributed by atoms with E-state index in [4.69, 9.17) is 4.74 Å². The van der Waals surface area contributed by atoms with Gasteiger partial charge in [0.15, 0.2) is 0 Å². The van der Waals surface area contributed by atoms with Gasteiger partial charge in [0.05, 0.1) is 25.4 Å². The molecule has 0 spiro atoms. The van der Waals surface area contributed by atoms with Crippen LogP contribution < -0.4 is 15.4 Å². The number of hydrogen-bond donors (Lipinski definition) is 2. The predicted molar refractivity (Wildman–Crippen MR) is 109 cm³/mol. The zero-order valence-corrected chi connectivity index (χ0v) is 16.1. The van der Waals surface area contributed by atoms with Crippen LogP contribution in [0.25, 0.3) is 0 Å². The topological polar surface area (TPSA) is 68.2 Å². The second-order valence-electron chi connectivity index (χ2n) is 6.81. The number of hydrogen-bond acceptors (Lipinski definition) is 4. The molecule has 28 heavy (non-hydrogen) atoms. The highest BCUT2D eigenvalue weighted by atomic mass is 16.5. The first-order valence-electron chi connectivity index (χ1n) is 9.52. The zero-order valence-electron chi connectivity index (χ0n) is 16.1. The largest absolute Gasteiger partial charge is 0.496 e. The molecule has 2 aromatic carbocycles. The van der Waals surface area contributed by atoms with Crippen molar-refractivity contribution >= 4 is 11.7 Å². The van der Waals surface area contributed by atoms with Gasteiger partial charge in [-0.1, -0.05) is 55.5 Å². The van der Waals surface area contributed by atoms with Gasteiger partial charge in [0.1, 0.15) is 17.1 Å². The number of anilines is 1. The van der Waals surface area contributed by atoms with E-state index in [9.17, 15) is 4.79 Å². The Balaban J connectivity index is 1.54. The Hall–Kier alpha value is -3.28. The molecule has 0 aliphatic carbocycles. The van der Waals surface area contributed by atoms with Gasteiger partial charge in [-0.3, -0.25) is 4.79 Å². The fourth-order valence-corrected chi connectivity index (χ4v) is 3.65. The summed E-state index contributed by atoms with van der Waals surface area (Å²) in [6.45, 7) is 3.13. The Bertz CT molecular complexity index is 981. The fraction of sp³-hybridized carbons (Fsp3) is 0.273. The van der Waals surface area contributed by atoms with Crippen LogP contribution in [0.15, 0.2) is 54.6 Å². The van der Waals surface area contributed by atoms with E-state index < -0.39 is 0 Å². The molecule has 6 nitrogen and oxygen atoms in total. The first kappa shape index (κ1) is 18.1. The first-order chi connectivity index (χ1) is 13.7. The number of nitrogens with one attached hydrogen (secondary N) is 2. The normalized spacial score (nSPS) is 15.0. The van der Waals surface area contributed by atoms with E-state index in [0.717, 1.165) is 22.8 Å². The second-order valence-corrected chi connectivity index (χ2v) is 6.81. The van der Waals surface area contributed by atoms with Crippen molar-refractivity contribution in [1.29, 1.82) is 0 Å². The van der Waals surface area contributed by atoms with E-state index in [1.54, 1.807) is 7.11 Å². The van der Waals surface area contributed by atoms with Crippen molar-refractivity contribution in [3.8, 4) is 5.75 Å². The summed E-state index contributed by atoms with van der Waals surface area (Å²) >= 11 is 0. The lowest BCUT2D eigenvalue weighted by Gasteiger charge is -2.13. The summed E-state index contributed by atoms with van der Waals surface area (Å²) < 4.78 is 7.28. The Morgan fingerprint density at radius 3 is 2.71 bits per heavy atom. The second kappa shape index (κ2) is 7.76. The smallest absolute Gasteiger partial charge is 0.257 e. The van der Waals surface area contributed by atoms with E-state index in [1.165, 1.54) is 5.56 Å². The predicted octanol–water partition coefficient (Wildman–Crippen LogP) is 3.55. The molecule has 1 aliphatic heterocycles. The number of carbonyl (C=O) groups is 1. The number of carbonyl (C=O) groups excluding carboxylic acids is 1. The van der Waals surface area contributed by atoms with Crippen molar-refractivity contribution < 1.29 is 9.53 Å². The Kier molecular flexibility index (Phi) is 5.02. The summed E-state index contributed by atoms with van der Waals surface area (Å²) in [6, 6.07) is 18.0. The minimum Gasteiger partial charge on any atom is -0.496 e. The lowest BCUT2D eigenvalue weighted by Crippen LogP contribution is -2.24.